The predicted molar refractivity (Wildman–Crippen MR) is 74.4 cm³/mol. The molecule has 0 aliphatic carbocycles. The molecule has 108 valence electrons. The Morgan fingerprint density at radius 2 is 2.10 bits per heavy atom. The van der Waals surface area contributed by atoms with Crippen molar-refractivity contribution in [3.05, 3.63) is 33.8 Å². The lowest BCUT2D eigenvalue weighted by molar-refractivity contribution is -0.160. The van der Waals surface area contributed by atoms with E-state index in [1.54, 1.807) is 18.2 Å². The van der Waals surface area contributed by atoms with Gasteiger partial charge in [-0.25, -0.2) is 4.79 Å². The molecule has 1 aromatic carbocycles. The summed E-state index contributed by atoms with van der Waals surface area (Å²) < 4.78 is 5.08. The Hall–Kier alpha value is -1.30. The number of carbonyl (C=O) groups excluding carboxylic acids is 1. The van der Waals surface area contributed by atoms with Crippen molar-refractivity contribution >= 4 is 35.1 Å². The first kappa shape index (κ1) is 15.1. The van der Waals surface area contributed by atoms with Gasteiger partial charge in [0.05, 0.1) is 22.2 Å². The number of carboxylic acids is 1. The smallest absolute Gasteiger partial charge is 0.337 e. The predicted octanol–water partition coefficient (Wildman–Crippen LogP) is 2.31. The van der Waals surface area contributed by atoms with E-state index in [0.29, 0.717) is 6.54 Å². The van der Waals surface area contributed by atoms with E-state index in [9.17, 15) is 14.7 Å². The lowest BCUT2D eigenvalue weighted by atomic mass is 10.0. The molecular formula is C13H13Cl2NO4. The Balaban J connectivity index is 2.24. The molecule has 0 saturated carbocycles. The topological polar surface area (TPSA) is 66.8 Å². The molecule has 1 unspecified atom stereocenters. The van der Waals surface area contributed by atoms with Crippen LogP contribution >= 0.6 is 23.2 Å². The fraction of sp³-hybridized carbons (Fsp3) is 0.385. The zero-order valence-electron chi connectivity index (χ0n) is 10.7. The van der Waals surface area contributed by atoms with Gasteiger partial charge in [-0.3, -0.25) is 4.79 Å². The van der Waals surface area contributed by atoms with Crippen LogP contribution in [0.4, 0.5) is 0 Å². The maximum Gasteiger partial charge on any atom is 0.337 e. The summed E-state index contributed by atoms with van der Waals surface area (Å²) in [5, 5.41) is 9.68. The van der Waals surface area contributed by atoms with Gasteiger partial charge in [0.2, 0.25) is 0 Å². The van der Waals surface area contributed by atoms with Crippen LogP contribution in [-0.4, -0.2) is 47.7 Å². The number of amides is 1. The third-order valence-electron chi connectivity index (χ3n) is 3.48. The van der Waals surface area contributed by atoms with E-state index in [-0.39, 0.29) is 34.5 Å². The van der Waals surface area contributed by atoms with Crippen LogP contribution in [0.3, 0.4) is 0 Å². The summed E-state index contributed by atoms with van der Waals surface area (Å²) in [6, 6.07) is 4.77. The molecule has 1 amide bonds. The molecule has 1 aliphatic rings. The number of aliphatic carboxylic acids is 1. The van der Waals surface area contributed by atoms with E-state index in [1.807, 2.05) is 0 Å². The first-order chi connectivity index (χ1) is 9.41. The fourth-order valence-corrected chi connectivity index (χ4v) is 2.60. The molecule has 2 rings (SSSR count). The largest absolute Gasteiger partial charge is 0.479 e. The van der Waals surface area contributed by atoms with E-state index in [0.717, 1.165) is 0 Å². The van der Waals surface area contributed by atoms with Crippen molar-refractivity contribution in [2.24, 2.45) is 0 Å². The maximum absolute atomic E-state index is 12.4. The minimum Gasteiger partial charge on any atom is -0.479 e. The second-order valence-corrected chi connectivity index (χ2v) is 5.37. The van der Waals surface area contributed by atoms with Crippen molar-refractivity contribution in [3.63, 3.8) is 0 Å². The highest BCUT2D eigenvalue weighted by Crippen LogP contribution is 2.30. The Bertz CT molecular complexity index is 563. The van der Waals surface area contributed by atoms with Gasteiger partial charge in [0, 0.05) is 20.1 Å². The summed E-state index contributed by atoms with van der Waals surface area (Å²) in [5.74, 6) is -1.43. The zero-order chi connectivity index (χ0) is 14.9. The van der Waals surface area contributed by atoms with E-state index in [2.05, 4.69) is 0 Å². The molecular weight excluding hydrogens is 305 g/mol. The van der Waals surface area contributed by atoms with Gasteiger partial charge in [0.25, 0.3) is 5.91 Å². The summed E-state index contributed by atoms with van der Waals surface area (Å²) in [6.07, 6.45) is 0.239. The summed E-state index contributed by atoms with van der Waals surface area (Å²) in [4.78, 5) is 25.1. The lowest BCUT2D eigenvalue weighted by Crippen LogP contribution is -2.44. The SMILES string of the molecule is COC1(C(=O)O)CCN(C(=O)c2cccc(Cl)c2Cl)C1. The van der Waals surface area contributed by atoms with Crippen LogP contribution in [0, 0.1) is 0 Å². The van der Waals surface area contributed by atoms with Gasteiger partial charge in [-0.05, 0) is 12.1 Å². The molecule has 1 aliphatic heterocycles. The van der Waals surface area contributed by atoms with E-state index in [4.69, 9.17) is 27.9 Å². The molecule has 7 heteroatoms. The highest BCUT2D eigenvalue weighted by atomic mass is 35.5. The number of ether oxygens (including phenoxy) is 1. The first-order valence-electron chi connectivity index (χ1n) is 5.93. The van der Waals surface area contributed by atoms with Crippen molar-refractivity contribution in [1.82, 2.24) is 4.90 Å². The molecule has 1 aromatic rings. The molecule has 0 bridgehead atoms. The van der Waals surface area contributed by atoms with Crippen LogP contribution in [0.25, 0.3) is 0 Å². The van der Waals surface area contributed by atoms with E-state index >= 15 is 0 Å². The third kappa shape index (κ3) is 2.49. The summed E-state index contributed by atoms with van der Waals surface area (Å²) in [6.45, 7) is 0.280. The monoisotopic (exact) mass is 317 g/mol. The number of halogens is 2. The highest BCUT2D eigenvalue weighted by Gasteiger charge is 2.47. The molecule has 0 spiro atoms. The number of hydrogen-bond donors (Lipinski definition) is 1. The Morgan fingerprint density at radius 3 is 2.65 bits per heavy atom. The second kappa shape index (κ2) is 5.60. The van der Waals surface area contributed by atoms with Crippen molar-refractivity contribution in [2.45, 2.75) is 12.0 Å². The van der Waals surface area contributed by atoms with E-state index in [1.165, 1.54) is 12.0 Å². The van der Waals surface area contributed by atoms with Crippen molar-refractivity contribution < 1.29 is 19.4 Å². The molecule has 0 radical (unpaired) electrons. The molecule has 1 N–H and O–H groups in total. The van der Waals surface area contributed by atoms with Crippen LogP contribution in [0.1, 0.15) is 16.8 Å². The number of benzene rings is 1. The number of methoxy groups -OCH3 is 1. The van der Waals surface area contributed by atoms with Crippen molar-refractivity contribution in [1.29, 1.82) is 0 Å². The standard InChI is InChI=1S/C13H13Cl2NO4/c1-20-13(12(18)19)5-6-16(7-13)11(17)8-3-2-4-9(14)10(8)15/h2-4H,5-7H2,1H3,(H,18,19). The summed E-state index contributed by atoms with van der Waals surface area (Å²) >= 11 is 11.9. The number of carbonyl (C=O) groups is 2. The fourth-order valence-electron chi connectivity index (χ4n) is 2.22. The van der Waals surface area contributed by atoms with Crippen LogP contribution in [0.2, 0.25) is 10.0 Å². The quantitative estimate of drug-likeness (QED) is 0.929. The third-order valence-corrected chi connectivity index (χ3v) is 4.30. The van der Waals surface area contributed by atoms with Gasteiger partial charge in [0.1, 0.15) is 0 Å². The van der Waals surface area contributed by atoms with Crippen molar-refractivity contribution in [3.8, 4) is 0 Å². The minimum atomic E-state index is -1.35. The highest BCUT2D eigenvalue weighted by molar-refractivity contribution is 6.43. The van der Waals surface area contributed by atoms with Gasteiger partial charge in [0.15, 0.2) is 5.60 Å². The molecule has 1 saturated heterocycles. The van der Waals surface area contributed by atoms with Crippen LogP contribution in [0.15, 0.2) is 18.2 Å². The average molecular weight is 318 g/mol. The number of hydrogen-bond acceptors (Lipinski definition) is 3. The number of likely N-dealkylation sites (tertiary alicyclic amines) is 1. The van der Waals surface area contributed by atoms with Crippen LogP contribution in [0.5, 0.6) is 0 Å². The molecule has 0 aromatic heterocycles. The molecule has 5 nitrogen and oxygen atoms in total. The summed E-state index contributed by atoms with van der Waals surface area (Å²) in [7, 11) is 1.33. The molecule has 1 fully saturated rings. The average Bonchev–Trinajstić information content (AvgIpc) is 2.87. The normalized spacial score (nSPS) is 22.1. The first-order valence-corrected chi connectivity index (χ1v) is 6.69. The van der Waals surface area contributed by atoms with E-state index < -0.39 is 11.6 Å². The zero-order valence-corrected chi connectivity index (χ0v) is 12.2. The van der Waals surface area contributed by atoms with Crippen molar-refractivity contribution in [2.75, 3.05) is 20.2 Å². The molecule has 1 heterocycles. The Labute approximate surface area is 126 Å². The Kier molecular flexibility index (Phi) is 4.22. The molecule has 20 heavy (non-hydrogen) atoms. The number of nitrogens with zero attached hydrogens (tertiary/aromatic N) is 1. The van der Waals surface area contributed by atoms with Crippen LogP contribution in [-0.2, 0) is 9.53 Å². The van der Waals surface area contributed by atoms with Gasteiger partial charge in [-0.15, -0.1) is 0 Å². The number of carboxylic acid groups (broad SMARTS) is 1. The maximum atomic E-state index is 12.4. The number of rotatable bonds is 3. The summed E-state index contributed by atoms with van der Waals surface area (Å²) in [5.41, 5.74) is -1.09. The Morgan fingerprint density at radius 1 is 1.40 bits per heavy atom. The molecule has 1 atom stereocenters. The van der Waals surface area contributed by atoms with Gasteiger partial charge >= 0.3 is 5.97 Å². The second-order valence-electron chi connectivity index (χ2n) is 4.58. The lowest BCUT2D eigenvalue weighted by Gasteiger charge is -2.23. The van der Waals surface area contributed by atoms with Gasteiger partial charge < -0.3 is 14.7 Å². The minimum absolute atomic E-state index is 0.0134. The van der Waals surface area contributed by atoms with Gasteiger partial charge in [-0.1, -0.05) is 29.3 Å². The van der Waals surface area contributed by atoms with Gasteiger partial charge in [-0.2, -0.15) is 0 Å². The van der Waals surface area contributed by atoms with Crippen LogP contribution < -0.4 is 0 Å².